The van der Waals surface area contributed by atoms with Gasteiger partial charge in [0.05, 0.1) is 4.90 Å². The highest BCUT2D eigenvalue weighted by atomic mass is 32.2. The van der Waals surface area contributed by atoms with E-state index in [9.17, 15) is 49.5 Å². The molecule has 1 saturated heterocycles. The number of aromatic nitrogens is 1. The Morgan fingerprint density at radius 1 is 1.02 bits per heavy atom. The van der Waals surface area contributed by atoms with E-state index in [2.05, 4.69) is 15.0 Å². The van der Waals surface area contributed by atoms with Crippen LogP contribution in [-0.4, -0.2) is 66.7 Å². The van der Waals surface area contributed by atoms with Gasteiger partial charge >= 0.3 is 18.5 Å². The summed E-state index contributed by atoms with van der Waals surface area (Å²) in [5.41, 5.74) is 0.131. The number of sulfonamides is 1. The van der Waals surface area contributed by atoms with Crippen LogP contribution in [0.2, 0.25) is 0 Å². The highest BCUT2D eigenvalue weighted by Gasteiger charge is 2.44. The van der Waals surface area contributed by atoms with E-state index < -0.39 is 74.8 Å². The van der Waals surface area contributed by atoms with Crippen LogP contribution >= 0.6 is 11.3 Å². The Labute approximate surface area is 257 Å². The van der Waals surface area contributed by atoms with Crippen LogP contribution < -0.4 is 15.0 Å². The number of carboxylic acids is 1. The van der Waals surface area contributed by atoms with Gasteiger partial charge in [0.2, 0.25) is 15.9 Å². The first-order valence-corrected chi connectivity index (χ1v) is 15.5. The molecule has 2 aromatic carbocycles. The second-order valence-electron chi connectivity index (χ2n) is 9.86. The highest BCUT2D eigenvalue weighted by molar-refractivity contribution is 7.89. The second kappa shape index (κ2) is 13.2. The first-order chi connectivity index (χ1) is 21.0. The van der Waals surface area contributed by atoms with Crippen molar-refractivity contribution in [3.63, 3.8) is 0 Å². The average Bonchev–Trinajstić information content (AvgIpc) is 3.43. The molecule has 0 spiro atoms. The number of anilines is 1. The van der Waals surface area contributed by atoms with E-state index in [-0.39, 0.29) is 29.6 Å². The van der Waals surface area contributed by atoms with E-state index in [1.807, 2.05) is 19.1 Å². The van der Waals surface area contributed by atoms with Crippen molar-refractivity contribution in [1.82, 2.24) is 14.6 Å². The molecule has 0 bridgehead atoms. The molecule has 1 fully saturated rings. The number of carbonyl (C=O) groups excluding carboxylic acids is 1. The predicted molar refractivity (Wildman–Crippen MR) is 149 cm³/mol. The van der Waals surface area contributed by atoms with Crippen LogP contribution in [0.5, 0.6) is 5.75 Å². The first-order valence-electron chi connectivity index (χ1n) is 13.3. The fraction of sp³-hybridized carbons (Fsp3) is 0.370. The fourth-order valence-electron chi connectivity index (χ4n) is 4.59. The van der Waals surface area contributed by atoms with E-state index in [0.717, 1.165) is 47.0 Å². The molecule has 244 valence electrons. The molecule has 1 aliphatic rings. The summed E-state index contributed by atoms with van der Waals surface area (Å²) in [5, 5.41) is 11.5. The van der Waals surface area contributed by atoms with Crippen LogP contribution in [0.15, 0.2) is 53.4 Å². The van der Waals surface area contributed by atoms with Gasteiger partial charge in [-0.1, -0.05) is 48.9 Å². The molecule has 1 aliphatic heterocycles. The topological polar surface area (TPSA) is 129 Å². The Balaban J connectivity index is 1.63. The van der Waals surface area contributed by atoms with Gasteiger partial charge in [-0.05, 0) is 41.8 Å². The molecule has 45 heavy (non-hydrogen) atoms. The Bertz CT molecular complexity index is 1630. The maximum absolute atomic E-state index is 13.6. The fourth-order valence-corrected chi connectivity index (χ4v) is 7.12. The number of benzene rings is 2. The molecule has 0 aliphatic carbocycles. The standard InChI is InChI=1S/C27H26F6N4O6S2/c1-2-3-16-4-6-17(7-5-16)14-34-23(38)20-15-36(25-35-22(26(28,29)30)21(44-25)24(39)40)12-13-37(20)45(41,42)19-10-8-18(9-11-19)43-27(31,32)33/h4-11,20H,2-3,12-15H2,1H3,(H,34,38)(H,39,40). The maximum Gasteiger partial charge on any atom is 0.573 e. The monoisotopic (exact) mass is 680 g/mol. The van der Waals surface area contributed by atoms with E-state index in [0.29, 0.717) is 5.56 Å². The maximum atomic E-state index is 13.6. The van der Waals surface area contributed by atoms with Gasteiger partial charge in [0, 0.05) is 26.2 Å². The van der Waals surface area contributed by atoms with Gasteiger partial charge < -0.3 is 20.1 Å². The number of rotatable bonds is 10. The summed E-state index contributed by atoms with van der Waals surface area (Å²) in [6, 6.07) is 9.06. The largest absolute Gasteiger partial charge is 0.573 e. The number of ether oxygens (including phenoxy) is 1. The van der Waals surface area contributed by atoms with Crippen LogP contribution in [0.4, 0.5) is 31.5 Å². The summed E-state index contributed by atoms with van der Waals surface area (Å²) in [7, 11) is -4.54. The molecule has 2 N–H and O–H groups in total. The lowest BCUT2D eigenvalue weighted by atomic mass is 10.1. The van der Waals surface area contributed by atoms with Gasteiger partial charge in [0.1, 0.15) is 16.7 Å². The van der Waals surface area contributed by atoms with Gasteiger partial charge in [-0.25, -0.2) is 18.2 Å². The molecule has 0 saturated carbocycles. The summed E-state index contributed by atoms with van der Waals surface area (Å²) in [6.45, 7) is 0.777. The number of hydrogen-bond donors (Lipinski definition) is 2. The van der Waals surface area contributed by atoms with E-state index in [4.69, 9.17) is 0 Å². The number of halogens is 6. The van der Waals surface area contributed by atoms with E-state index >= 15 is 0 Å². The number of piperazine rings is 1. The third-order valence-electron chi connectivity index (χ3n) is 6.68. The smallest absolute Gasteiger partial charge is 0.477 e. The molecule has 18 heteroatoms. The van der Waals surface area contributed by atoms with Crippen molar-refractivity contribution in [2.24, 2.45) is 0 Å². The first kappa shape index (κ1) is 34.0. The zero-order valence-corrected chi connectivity index (χ0v) is 25.0. The molecule has 10 nitrogen and oxygen atoms in total. The number of aromatic carboxylic acids is 1. The average molecular weight is 681 g/mol. The number of amides is 1. The van der Waals surface area contributed by atoms with Crippen molar-refractivity contribution in [1.29, 1.82) is 0 Å². The Kier molecular flexibility index (Phi) is 9.98. The minimum absolute atomic E-state index is 0.0161. The van der Waals surface area contributed by atoms with Crippen molar-refractivity contribution in [3.05, 3.63) is 70.2 Å². The zero-order chi connectivity index (χ0) is 33.2. The van der Waals surface area contributed by atoms with Gasteiger partial charge in [-0.15, -0.1) is 13.2 Å². The minimum atomic E-state index is -5.08. The zero-order valence-electron chi connectivity index (χ0n) is 23.4. The molecule has 1 aromatic heterocycles. The second-order valence-corrected chi connectivity index (χ2v) is 12.7. The number of carboxylic acid groups (broad SMARTS) is 1. The van der Waals surface area contributed by atoms with Crippen molar-refractivity contribution < 1.29 is 54.2 Å². The number of nitrogens with one attached hydrogen (secondary N) is 1. The Morgan fingerprint density at radius 2 is 1.64 bits per heavy atom. The number of nitrogens with zero attached hydrogens (tertiary/aromatic N) is 3. The van der Waals surface area contributed by atoms with Gasteiger partial charge in [0.25, 0.3) is 0 Å². The molecule has 2 heterocycles. The molecule has 3 aromatic rings. The summed E-state index contributed by atoms with van der Waals surface area (Å²) < 4.78 is 110. The van der Waals surface area contributed by atoms with E-state index in [1.54, 1.807) is 12.1 Å². The number of hydrogen-bond acceptors (Lipinski definition) is 8. The van der Waals surface area contributed by atoms with Crippen molar-refractivity contribution in [3.8, 4) is 5.75 Å². The quantitative estimate of drug-likeness (QED) is 0.290. The summed E-state index contributed by atoms with van der Waals surface area (Å²) in [5.74, 6) is -3.35. The van der Waals surface area contributed by atoms with Crippen LogP contribution in [0.1, 0.15) is 39.8 Å². The van der Waals surface area contributed by atoms with Crippen molar-refractivity contribution in [2.45, 2.75) is 49.8 Å². The van der Waals surface area contributed by atoms with Gasteiger partial charge in [0.15, 0.2) is 10.8 Å². The number of aryl methyl sites for hydroxylation is 1. The van der Waals surface area contributed by atoms with Gasteiger partial charge in [-0.3, -0.25) is 4.79 Å². The van der Waals surface area contributed by atoms with Crippen molar-refractivity contribution in [2.75, 3.05) is 24.5 Å². The molecule has 1 amide bonds. The lowest BCUT2D eigenvalue weighted by Crippen LogP contribution is -2.60. The lowest BCUT2D eigenvalue weighted by Gasteiger charge is -2.39. The third-order valence-corrected chi connectivity index (χ3v) is 9.70. The molecule has 1 unspecified atom stereocenters. The minimum Gasteiger partial charge on any atom is -0.477 e. The Morgan fingerprint density at radius 3 is 2.18 bits per heavy atom. The van der Waals surface area contributed by atoms with E-state index in [1.165, 1.54) is 4.90 Å². The van der Waals surface area contributed by atoms with Gasteiger partial charge in [-0.2, -0.15) is 17.5 Å². The van der Waals surface area contributed by atoms with Crippen LogP contribution in [0.3, 0.4) is 0 Å². The summed E-state index contributed by atoms with van der Waals surface area (Å²) in [4.78, 5) is 28.1. The lowest BCUT2D eigenvalue weighted by molar-refractivity contribution is -0.274. The van der Waals surface area contributed by atoms with Crippen molar-refractivity contribution >= 4 is 38.4 Å². The number of thiazole rings is 1. The molecular weight excluding hydrogens is 654 g/mol. The Hall–Kier alpha value is -3.90. The normalized spacial score (nSPS) is 16.4. The van der Waals surface area contributed by atoms with Crippen LogP contribution in [0, 0.1) is 0 Å². The number of carbonyl (C=O) groups is 2. The van der Waals surface area contributed by atoms with Crippen LogP contribution in [0.25, 0.3) is 0 Å². The van der Waals surface area contributed by atoms with Crippen LogP contribution in [-0.2, 0) is 34.0 Å². The predicted octanol–water partition coefficient (Wildman–Crippen LogP) is 4.91. The molecule has 1 atom stereocenters. The molecular formula is C27H26F6N4O6S2. The molecule has 0 radical (unpaired) electrons. The SMILES string of the molecule is CCCc1ccc(CNC(=O)C2CN(c3nc(C(F)(F)F)c(C(=O)O)s3)CCN2S(=O)(=O)c2ccc(OC(F)(F)F)cc2)cc1. The summed E-state index contributed by atoms with van der Waals surface area (Å²) >= 11 is 0.231. The third kappa shape index (κ3) is 8.23. The molecule has 4 rings (SSSR count). The highest BCUT2D eigenvalue weighted by Crippen LogP contribution is 2.38. The number of alkyl halides is 6. The summed E-state index contributed by atoms with van der Waals surface area (Å²) in [6.07, 6.45) is -8.33.